The minimum Gasteiger partial charge on any atom is -0.355 e. The smallest absolute Gasteiger partial charge is 0.240 e. The van der Waals surface area contributed by atoms with Crippen molar-refractivity contribution in [2.75, 3.05) is 11.9 Å². The fraction of sp³-hybridized carbons (Fsp3) is 0.333. The minimum absolute atomic E-state index is 0.192. The first-order valence-electron chi connectivity index (χ1n) is 8.82. The lowest BCUT2D eigenvalue weighted by atomic mass is 10.0. The molecule has 1 fully saturated rings. The molecule has 0 heterocycles. The van der Waals surface area contributed by atoms with Gasteiger partial charge in [-0.25, -0.2) is 0 Å². The fourth-order valence-corrected chi connectivity index (χ4v) is 3.19. The Kier molecular flexibility index (Phi) is 5.33. The van der Waals surface area contributed by atoms with Gasteiger partial charge >= 0.3 is 0 Å². The molecule has 0 saturated heterocycles. The van der Waals surface area contributed by atoms with Crippen molar-refractivity contribution in [1.82, 2.24) is 5.32 Å². The summed E-state index contributed by atoms with van der Waals surface area (Å²) >= 11 is 5.97. The summed E-state index contributed by atoms with van der Waals surface area (Å²) in [4.78, 5) is 25.3. The van der Waals surface area contributed by atoms with Gasteiger partial charge in [0.05, 0.1) is 0 Å². The Morgan fingerprint density at radius 3 is 2.54 bits per heavy atom. The zero-order chi connectivity index (χ0) is 18.7. The lowest BCUT2D eigenvalue weighted by Gasteiger charge is -2.17. The first kappa shape index (κ1) is 18.5. The van der Waals surface area contributed by atoms with Crippen LogP contribution in [0.4, 0.5) is 5.69 Å². The molecule has 2 amide bonds. The highest BCUT2D eigenvalue weighted by Crippen LogP contribution is 2.47. The molecule has 0 radical (unpaired) electrons. The maximum atomic E-state index is 12.7. The van der Waals surface area contributed by atoms with Gasteiger partial charge in [-0.3, -0.25) is 9.59 Å². The van der Waals surface area contributed by atoms with Crippen LogP contribution in [0, 0.1) is 19.3 Å². The molecule has 0 aromatic heterocycles. The Morgan fingerprint density at radius 1 is 1.08 bits per heavy atom. The second-order valence-corrected chi connectivity index (χ2v) is 7.43. The number of nitrogens with one attached hydrogen (secondary N) is 2. The lowest BCUT2D eigenvalue weighted by Crippen LogP contribution is -2.40. The topological polar surface area (TPSA) is 58.2 Å². The van der Waals surface area contributed by atoms with Crippen molar-refractivity contribution in [1.29, 1.82) is 0 Å². The standard InChI is InChI=1S/C21H23ClN2O2/c1-14-6-7-15(2)18(12-14)24-20(26)21(9-10-21)19(25)23-11-8-16-4-3-5-17(22)13-16/h3-7,12-13H,8-11H2,1-2H3,(H,23,25)(H,24,26). The first-order valence-corrected chi connectivity index (χ1v) is 9.20. The second kappa shape index (κ2) is 7.50. The third-order valence-electron chi connectivity index (χ3n) is 4.85. The molecule has 0 spiro atoms. The number of hydrogen-bond acceptors (Lipinski definition) is 2. The number of carbonyl (C=O) groups excluding carboxylic acids is 2. The van der Waals surface area contributed by atoms with Crippen molar-refractivity contribution in [2.45, 2.75) is 33.1 Å². The van der Waals surface area contributed by atoms with Gasteiger partial charge < -0.3 is 10.6 Å². The van der Waals surface area contributed by atoms with Crippen molar-refractivity contribution >= 4 is 29.1 Å². The summed E-state index contributed by atoms with van der Waals surface area (Å²) in [5.74, 6) is -0.409. The van der Waals surface area contributed by atoms with Gasteiger partial charge in [0.1, 0.15) is 5.41 Å². The first-order chi connectivity index (χ1) is 12.4. The predicted octanol–water partition coefficient (Wildman–Crippen LogP) is 4.03. The third kappa shape index (κ3) is 4.07. The molecule has 2 aromatic carbocycles. The minimum atomic E-state index is -0.926. The summed E-state index contributed by atoms with van der Waals surface area (Å²) in [5, 5.41) is 6.52. The number of rotatable bonds is 6. The SMILES string of the molecule is Cc1ccc(C)c(NC(=O)C2(C(=O)NCCc3cccc(Cl)c3)CC2)c1. The van der Waals surface area contributed by atoms with Crippen LogP contribution in [0.5, 0.6) is 0 Å². The van der Waals surface area contributed by atoms with Crippen LogP contribution in [0.1, 0.15) is 29.5 Å². The number of hydrogen-bond donors (Lipinski definition) is 2. The molecule has 0 unspecified atom stereocenters. The molecular formula is C21H23ClN2O2. The fourth-order valence-electron chi connectivity index (χ4n) is 2.98. The van der Waals surface area contributed by atoms with Gasteiger partial charge in [-0.05, 0) is 68.0 Å². The molecule has 4 nitrogen and oxygen atoms in total. The number of aryl methyl sites for hydroxylation is 2. The molecule has 0 atom stereocenters. The molecule has 0 aliphatic heterocycles. The van der Waals surface area contributed by atoms with E-state index in [9.17, 15) is 9.59 Å². The predicted molar refractivity (Wildman–Crippen MR) is 104 cm³/mol. The molecule has 2 aromatic rings. The van der Waals surface area contributed by atoms with Crippen LogP contribution in [0.25, 0.3) is 0 Å². The van der Waals surface area contributed by atoms with Crippen LogP contribution in [0.15, 0.2) is 42.5 Å². The highest BCUT2D eigenvalue weighted by molar-refractivity contribution is 6.30. The Balaban J connectivity index is 1.58. The normalized spacial score (nSPS) is 14.6. The van der Waals surface area contributed by atoms with Crippen LogP contribution in [-0.4, -0.2) is 18.4 Å². The number of amides is 2. The zero-order valence-electron chi connectivity index (χ0n) is 15.1. The molecule has 26 heavy (non-hydrogen) atoms. The van der Waals surface area contributed by atoms with E-state index in [0.29, 0.717) is 30.8 Å². The molecule has 1 saturated carbocycles. The van der Waals surface area contributed by atoms with Crippen molar-refractivity contribution in [3.63, 3.8) is 0 Å². The number of halogens is 1. The molecular weight excluding hydrogens is 348 g/mol. The highest BCUT2D eigenvalue weighted by atomic mass is 35.5. The van der Waals surface area contributed by atoms with E-state index in [-0.39, 0.29) is 11.8 Å². The van der Waals surface area contributed by atoms with Gasteiger partial charge in [-0.15, -0.1) is 0 Å². The molecule has 3 rings (SSSR count). The zero-order valence-corrected chi connectivity index (χ0v) is 15.8. The number of benzene rings is 2. The van der Waals surface area contributed by atoms with E-state index in [1.54, 1.807) is 0 Å². The maximum absolute atomic E-state index is 12.7. The van der Waals surface area contributed by atoms with Crippen LogP contribution in [-0.2, 0) is 16.0 Å². The van der Waals surface area contributed by atoms with Crippen LogP contribution in [0.2, 0.25) is 5.02 Å². The van der Waals surface area contributed by atoms with E-state index in [1.807, 2.05) is 56.3 Å². The summed E-state index contributed by atoms with van der Waals surface area (Å²) in [6.07, 6.45) is 1.86. The molecule has 1 aliphatic rings. The largest absolute Gasteiger partial charge is 0.355 e. The molecule has 1 aliphatic carbocycles. The van der Waals surface area contributed by atoms with E-state index in [2.05, 4.69) is 10.6 Å². The van der Waals surface area contributed by atoms with Gasteiger partial charge in [0.25, 0.3) is 0 Å². The quantitative estimate of drug-likeness (QED) is 0.754. The average molecular weight is 371 g/mol. The monoisotopic (exact) mass is 370 g/mol. The van der Waals surface area contributed by atoms with Gasteiger partial charge in [0, 0.05) is 17.3 Å². The van der Waals surface area contributed by atoms with Gasteiger partial charge in [-0.1, -0.05) is 35.9 Å². The van der Waals surface area contributed by atoms with E-state index in [4.69, 9.17) is 11.6 Å². The molecule has 0 bridgehead atoms. The van der Waals surface area contributed by atoms with Crippen molar-refractivity contribution in [3.8, 4) is 0 Å². The summed E-state index contributed by atoms with van der Waals surface area (Å²) < 4.78 is 0. The van der Waals surface area contributed by atoms with Gasteiger partial charge in [0.2, 0.25) is 11.8 Å². The molecule has 136 valence electrons. The Bertz CT molecular complexity index is 844. The average Bonchev–Trinajstić information content (AvgIpc) is 3.40. The number of carbonyl (C=O) groups is 2. The van der Waals surface area contributed by atoms with Crippen molar-refractivity contribution < 1.29 is 9.59 Å². The lowest BCUT2D eigenvalue weighted by molar-refractivity contribution is -0.134. The molecule has 5 heteroatoms. The van der Waals surface area contributed by atoms with Crippen LogP contribution < -0.4 is 10.6 Å². The summed E-state index contributed by atoms with van der Waals surface area (Å²) in [5.41, 5.74) is 2.96. The summed E-state index contributed by atoms with van der Waals surface area (Å²) in [6, 6.07) is 13.5. The van der Waals surface area contributed by atoms with Crippen LogP contribution in [0.3, 0.4) is 0 Å². The van der Waals surface area contributed by atoms with Gasteiger partial charge in [-0.2, -0.15) is 0 Å². The van der Waals surface area contributed by atoms with Crippen LogP contribution >= 0.6 is 11.6 Å². The van der Waals surface area contributed by atoms with E-state index in [0.717, 1.165) is 22.4 Å². The summed E-state index contributed by atoms with van der Waals surface area (Å²) in [6.45, 7) is 4.40. The number of anilines is 1. The second-order valence-electron chi connectivity index (χ2n) is 6.99. The Hall–Kier alpha value is -2.33. The molecule has 2 N–H and O–H groups in total. The Morgan fingerprint density at radius 2 is 1.85 bits per heavy atom. The highest BCUT2D eigenvalue weighted by Gasteiger charge is 2.56. The maximum Gasteiger partial charge on any atom is 0.240 e. The summed E-state index contributed by atoms with van der Waals surface area (Å²) in [7, 11) is 0. The van der Waals surface area contributed by atoms with E-state index >= 15 is 0 Å². The van der Waals surface area contributed by atoms with E-state index in [1.165, 1.54) is 0 Å². The third-order valence-corrected chi connectivity index (χ3v) is 5.08. The van der Waals surface area contributed by atoms with Crippen molar-refractivity contribution in [2.24, 2.45) is 5.41 Å². The van der Waals surface area contributed by atoms with E-state index < -0.39 is 5.41 Å². The van der Waals surface area contributed by atoms with Gasteiger partial charge in [0.15, 0.2) is 0 Å². The Labute approximate surface area is 158 Å². The van der Waals surface area contributed by atoms with Crippen molar-refractivity contribution in [3.05, 3.63) is 64.2 Å².